The van der Waals surface area contributed by atoms with Gasteiger partial charge in [0.1, 0.15) is 0 Å². The van der Waals surface area contributed by atoms with Gasteiger partial charge in [0.25, 0.3) is 0 Å². The lowest BCUT2D eigenvalue weighted by Crippen LogP contribution is -1.99. The molecule has 0 fully saturated rings. The Balaban J connectivity index is 1.30. The highest BCUT2D eigenvalue weighted by molar-refractivity contribution is 6.21. The molecule has 11 aromatic rings. The largest absolute Gasteiger partial charge is 0.228 e. The number of nitrogens with zero attached hydrogens (tertiary/aromatic N) is 2. The number of benzene rings is 10. The Bertz CT molecular complexity index is 3090. The molecule has 0 aliphatic heterocycles. The van der Waals surface area contributed by atoms with Crippen LogP contribution in [0.5, 0.6) is 0 Å². The third-order valence-corrected chi connectivity index (χ3v) is 11.0. The molecule has 1 aromatic heterocycles. The molecule has 0 N–H and O–H groups in total. The van der Waals surface area contributed by atoms with Gasteiger partial charge in [-0.1, -0.05) is 176 Å². The van der Waals surface area contributed by atoms with Crippen LogP contribution in [0.2, 0.25) is 0 Å². The van der Waals surface area contributed by atoms with Gasteiger partial charge in [-0.2, -0.15) is 0 Å². The molecule has 0 saturated heterocycles. The summed E-state index contributed by atoms with van der Waals surface area (Å²) in [6, 6.07) is 69.8. The molecule has 10 aromatic carbocycles. The van der Waals surface area contributed by atoms with Gasteiger partial charge in [0.05, 0.1) is 11.4 Å². The van der Waals surface area contributed by atoms with Crippen LogP contribution in [-0.2, 0) is 0 Å². The van der Waals surface area contributed by atoms with E-state index in [9.17, 15) is 0 Å². The molecule has 250 valence electrons. The van der Waals surface area contributed by atoms with Gasteiger partial charge >= 0.3 is 0 Å². The minimum atomic E-state index is 0.712. The summed E-state index contributed by atoms with van der Waals surface area (Å²) < 4.78 is 0. The van der Waals surface area contributed by atoms with E-state index in [4.69, 9.17) is 9.97 Å². The first-order valence-electron chi connectivity index (χ1n) is 18.5. The van der Waals surface area contributed by atoms with E-state index >= 15 is 0 Å². The Morgan fingerprint density at radius 3 is 1.35 bits per heavy atom. The molecule has 0 amide bonds. The Hall–Kier alpha value is -7.16. The summed E-state index contributed by atoms with van der Waals surface area (Å²) in [4.78, 5) is 11.2. The molecule has 0 aliphatic carbocycles. The van der Waals surface area contributed by atoms with E-state index in [-0.39, 0.29) is 0 Å². The second-order valence-corrected chi connectivity index (χ2v) is 14.1. The van der Waals surface area contributed by atoms with Crippen LogP contribution in [0.25, 0.3) is 110 Å². The van der Waals surface area contributed by atoms with Crippen LogP contribution in [0.1, 0.15) is 0 Å². The van der Waals surface area contributed by atoms with Crippen molar-refractivity contribution in [3.05, 3.63) is 194 Å². The summed E-state index contributed by atoms with van der Waals surface area (Å²) in [6.07, 6.45) is 0. The predicted octanol–water partition coefficient (Wildman–Crippen LogP) is 14.1. The highest BCUT2D eigenvalue weighted by atomic mass is 14.9. The van der Waals surface area contributed by atoms with Gasteiger partial charge in [0.15, 0.2) is 5.82 Å². The van der Waals surface area contributed by atoms with Crippen molar-refractivity contribution in [1.29, 1.82) is 0 Å². The smallest absolute Gasteiger partial charge is 0.161 e. The average Bonchev–Trinajstić information content (AvgIpc) is 3.24. The monoisotopic (exact) mass is 684 g/mol. The van der Waals surface area contributed by atoms with Crippen LogP contribution in [0, 0.1) is 0 Å². The Morgan fingerprint density at radius 2 is 0.722 bits per heavy atom. The lowest BCUT2D eigenvalue weighted by atomic mass is 9.90. The molecule has 0 aliphatic rings. The minimum absolute atomic E-state index is 0.712. The Labute approximate surface area is 312 Å². The number of hydrogen-bond acceptors (Lipinski definition) is 2. The molecule has 0 radical (unpaired) electrons. The van der Waals surface area contributed by atoms with Crippen LogP contribution in [0.3, 0.4) is 0 Å². The second-order valence-electron chi connectivity index (χ2n) is 14.1. The van der Waals surface area contributed by atoms with Crippen molar-refractivity contribution in [2.45, 2.75) is 0 Å². The zero-order valence-corrected chi connectivity index (χ0v) is 29.4. The van der Waals surface area contributed by atoms with Gasteiger partial charge in [0, 0.05) is 16.7 Å². The average molecular weight is 685 g/mol. The van der Waals surface area contributed by atoms with E-state index in [1.54, 1.807) is 0 Å². The van der Waals surface area contributed by atoms with Crippen LogP contribution in [-0.4, -0.2) is 9.97 Å². The maximum atomic E-state index is 5.65. The van der Waals surface area contributed by atoms with E-state index in [0.717, 1.165) is 50.0 Å². The van der Waals surface area contributed by atoms with Crippen molar-refractivity contribution in [1.82, 2.24) is 9.97 Å². The van der Waals surface area contributed by atoms with E-state index in [1.165, 1.54) is 53.9 Å². The molecule has 0 unspecified atom stereocenters. The molecule has 54 heavy (non-hydrogen) atoms. The van der Waals surface area contributed by atoms with Crippen molar-refractivity contribution >= 4 is 64.6 Å². The molecule has 2 heteroatoms. The molecular formula is C52H32N2. The quantitative estimate of drug-likeness (QED) is 0.136. The van der Waals surface area contributed by atoms with Crippen molar-refractivity contribution in [3.8, 4) is 45.0 Å². The molecular weight excluding hydrogens is 653 g/mol. The molecule has 0 saturated carbocycles. The summed E-state index contributed by atoms with van der Waals surface area (Å²) in [7, 11) is 0. The van der Waals surface area contributed by atoms with Gasteiger partial charge in [-0.05, 0) is 94.0 Å². The number of fused-ring (bicyclic) bond motifs is 8. The predicted molar refractivity (Wildman–Crippen MR) is 229 cm³/mol. The number of rotatable bonds is 4. The Morgan fingerprint density at radius 1 is 0.259 bits per heavy atom. The van der Waals surface area contributed by atoms with E-state index < -0.39 is 0 Å². The molecule has 2 nitrogen and oxygen atoms in total. The first-order chi connectivity index (χ1) is 26.8. The maximum Gasteiger partial charge on any atom is 0.161 e. The molecule has 0 atom stereocenters. The summed E-state index contributed by atoms with van der Waals surface area (Å²) in [5.41, 5.74) is 7.30. The standard InChI is InChI=1S/C52H32N2/c1-2-14-33(15-3-1)38-20-12-13-25-43(38)48-32-49(50-41-23-10-6-18-36(41)30-46-39-21-8-4-16-34(39)26-28-44(46)50)54-52(53-48)51-42-24-11-7-19-37(42)31-47-40-22-9-5-17-35(40)27-29-45(47)51/h1-32H. The minimum Gasteiger partial charge on any atom is -0.228 e. The normalized spacial score (nSPS) is 11.7. The lowest BCUT2D eigenvalue weighted by Gasteiger charge is -2.18. The summed E-state index contributed by atoms with van der Waals surface area (Å²) in [5, 5.41) is 14.3. The highest BCUT2D eigenvalue weighted by Gasteiger charge is 2.21. The van der Waals surface area contributed by atoms with Gasteiger partial charge in [-0.25, -0.2) is 9.97 Å². The van der Waals surface area contributed by atoms with Crippen molar-refractivity contribution in [2.75, 3.05) is 0 Å². The zero-order chi connectivity index (χ0) is 35.6. The second kappa shape index (κ2) is 12.2. The van der Waals surface area contributed by atoms with Crippen molar-refractivity contribution < 1.29 is 0 Å². The maximum absolute atomic E-state index is 5.65. The van der Waals surface area contributed by atoms with Crippen LogP contribution < -0.4 is 0 Å². The fourth-order valence-electron chi connectivity index (χ4n) is 8.56. The van der Waals surface area contributed by atoms with Crippen molar-refractivity contribution in [3.63, 3.8) is 0 Å². The van der Waals surface area contributed by atoms with Gasteiger partial charge in [-0.3, -0.25) is 0 Å². The van der Waals surface area contributed by atoms with Gasteiger partial charge < -0.3 is 0 Å². The first-order valence-corrected chi connectivity index (χ1v) is 18.5. The summed E-state index contributed by atoms with van der Waals surface area (Å²) >= 11 is 0. The zero-order valence-electron chi connectivity index (χ0n) is 29.4. The van der Waals surface area contributed by atoms with Gasteiger partial charge in [0.2, 0.25) is 0 Å². The number of hydrogen-bond donors (Lipinski definition) is 0. The third-order valence-electron chi connectivity index (χ3n) is 11.0. The summed E-state index contributed by atoms with van der Waals surface area (Å²) in [5.74, 6) is 0.712. The Kier molecular flexibility index (Phi) is 6.90. The molecule has 1 heterocycles. The van der Waals surface area contributed by atoms with E-state index in [2.05, 4.69) is 194 Å². The first kappa shape index (κ1) is 30.5. The molecule has 0 bridgehead atoms. The van der Waals surface area contributed by atoms with Crippen LogP contribution in [0.15, 0.2) is 194 Å². The van der Waals surface area contributed by atoms with E-state index in [0.29, 0.717) is 5.82 Å². The summed E-state index contributed by atoms with van der Waals surface area (Å²) in [6.45, 7) is 0. The molecule has 11 rings (SSSR count). The van der Waals surface area contributed by atoms with E-state index in [1.807, 2.05) is 0 Å². The topological polar surface area (TPSA) is 25.8 Å². The highest BCUT2D eigenvalue weighted by Crippen LogP contribution is 2.43. The molecule has 0 spiro atoms. The van der Waals surface area contributed by atoms with Crippen LogP contribution >= 0.6 is 0 Å². The lowest BCUT2D eigenvalue weighted by molar-refractivity contribution is 1.20. The fraction of sp³-hybridized carbons (Fsp3) is 0. The fourth-order valence-corrected chi connectivity index (χ4v) is 8.56. The van der Waals surface area contributed by atoms with Crippen LogP contribution in [0.4, 0.5) is 0 Å². The SMILES string of the molecule is c1ccc(-c2ccccc2-c2cc(-c3c4ccccc4cc4c3ccc3ccccc34)nc(-c3c4ccccc4cc4c3ccc3ccccc34)n2)cc1. The van der Waals surface area contributed by atoms with Gasteiger partial charge in [-0.15, -0.1) is 0 Å². The number of aromatic nitrogens is 2. The third kappa shape index (κ3) is 4.81. The van der Waals surface area contributed by atoms with Crippen molar-refractivity contribution in [2.24, 2.45) is 0 Å².